The number of anilines is 1. The molecule has 2 aromatic rings. The molecular weight excluding hydrogens is 321 g/mol. The molecule has 1 aromatic carbocycles. The van der Waals surface area contributed by atoms with Gasteiger partial charge < -0.3 is 5.32 Å². The van der Waals surface area contributed by atoms with Crippen LogP contribution < -0.4 is 5.32 Å². The Bertz CT molecular complexity index is 648. The second-order valence-corrected chi connectivity index (χ2v) is 5.93. The summed E-state index contributed by atoms with van der Waals surface area (Å²) >= 11 is 3.56. The Hall–Kier alpha value is -1.49. The van der Waals surface area contributed by atoms with E-state index in [-0.39, 0.29) is 5.82 Å². The smallest absolute Gasteiger partial charge is 0.161 e. The lowest BCUT2D eigenvalue weighted by atomic mass is 10.1. The van der Waals surface area contributed by atoms with E-state index in [0.717, 1.165) is 34.4 Å². The fourth-order valence-corrected chi connectivity index (χ4v) is 2.95. The van der Waals surface area contributed by atoms with Gasteiger partial charge in [0.15, 0.2) is 5.82 Å². The SMILES string of the molecule is CNc1nc(-c2cc(C)cc(F)c2)nc(C2CC2)c1Br. The van der Waals surface area contributed by atoms with Crippen LogP contribution in [-0.2, 0) is 0 Å². The predicted molar refractivity (Wildman–Crippen MR) is 81.4 cm³/mol. The lowest BCUT2D eigenvalue weighted by Gasteiger charge is -2.11. The molecule has 0 aliphatic heterocycles. The van der Waals surface area contributed by atoms with Crippen molar-refractivity contribution in [3.8, 4) is 11.4 Å². The summed E-state index contributed by atoms with van der Waals surface area (Å²) in [5.41, 5.74) is 2.60. The van der Waals surface area contributed by atoms with Crippen molar-refractivity contribution in [1.82, 2.24) is 9.97 Å². The normalized spacial score (nSPS) is 14.4. The number of rotatable bonds is 3. The Labute approximate surface area is 125 Å². The molecule has 0 atom stereocenters. The monoisotopic (exact) mass is 335 g/mol. The number of aryl methyl sites for hydroxylation is 1. The van der Waals surface area contributed by atoms with Gasteiger partial charge in [0.1, 0.15) is 11.6 Å². The molecule has 0 unspecified atom stereocenters. The summed E-state index contributed by atoms with van der Waals surface area (Å²) in [6.07, 6.45) is 2.31. The van der Waals surface area contributed by atoms with Crippen molar-refractivity contribution < 1.29 is 4.39 Å². The van der Waals surface area contributed by atoms with Gasteiger partial charge in [-0.1, -0.05) is 0 Å². The highest BCUT2D eigenvalue weighted by Crippen LogP contribution is 2.44. The average Bonchev–Trinajstić information content (AvgIpc) is 3.22. The highest BCUT2D eigenvalue weighted by Gasteiger charge is 2.29. The first kappa shape index (κ1) is 13.5. The van der Waals surface area contributed by atoms with Gasteiger partial charge in [0.05, 0.1) is 10.2 Å². The van der Waals surface area contributed by atoms with E-state index in [9.17, 15) is 4.39 Å². The van der Waals surface area contributed by atoms with Crippen molar-refractivity contribution in [1.29, 1.82) is 0 Å². The number of aromatic nitrogens is 2. The highest BCUT2D eigenvalue weighted by atomic mass is 79.9. The number of nitrogens with zero attached hydrogens (tertiary/aromatic N) is 2. The molecule has 1 heterocycles. The lowest BCUT2D eigenvalue weighted by Crippen LogP contribution is -2.03. The molecule has 5 heteroatoms. The third kappa shape index (κ3) is 2.54. The van der Waals surface area contributed by atoms with Crippen LogP contribution in [0.1, 0.15) is 30.0 Å². The van der Waals surface area contributed by atoms with Gasteiger partial charge in [0, 0.05) is 18.5 Å². The highest BCUT2D eigenvalue weighted by molar-refractivity contribution is 9.10. The van der Waals surface area contributed by atoms with Gasteiger partial charge in [0.2, 0.25) is 0 Å². The molecule has 1 saturated carbocycles. The molecule has 0 bridgehead atoms. The van der Waals surface area contributed by atoms with Crippen LogP contribution in [0.15, 0.2) is 22.7 Å². The summed E-state index contributed by atoms with van der Waals surface area (Å²) < 4.78 is 14.5. The number of hydrogen-bond acceptors (Lipinski definition) is 3. The molecular formula is C15H15BrFN3. The lowest BCUT2D eigenvalue weighted by molar-refractivity contribution is 0.627. The quantitative estimate of drug-likeness (QED) is 0.909. The molecule has 104 valence electrons. The summed E-state index contributed by atoms with van der Waals surface area (Å²) in [5.74, 6) is 1.55. The first-order chi connectivity index (χ1) is 9.58. The van der Waals surface area contributed by atoms with Crippen LogP contribution in [0.2, 0.25) is 0 Å². The third-order valence-corrected chi connectivity index (χ3v) is 4.16. The van der Waals surface area contributed by atoms with E-state index in [1.54, 1.807) is 0 Å². The van der Waals surface area contributed by atoms with Crippen LogP contribution in [0.5, 0.6) is 0 Å². The second-order valence-electron chi connectivity index (χ2n) is 5.14. The van der Waals surface area contributed by atoms with E-state index >= 15 is 0 Å². The van der Waals surface area contributed by atoms with Gasteiger partial charge in [-0.25, -0.2) is 14.4 Å². The Balaban J connectivity index is 2.15. The summed E-state index contributed by atoms with van der Waals surface area (Å²) in [4.78, 5) is 9.11. The number of nitrogens with one attached hydrogen (secondary N) is 1. The topological polar surface area (TPSA) is 37.8 Å². The fourth-order valence-electron chi connectivity index (χ4n) is 2.25. The fraction of sp³-hybridized carbons (Fsp3) is 0.333. The molecule has 1 aromatic heterocycles. The second kappa shape index (κ2) is 5.13. The van der Waals surface area contributed by atoms with E-state index in [0.29, 0.717) is 17.3 Å². The van der Waals surface area contributed by atoms with Crippen molar-refractivity contribution >= 4 is 21.7 Å². The predicted octanol–water partition coefficient (Wildman–Crippen LogP) is 4.27. The maximum absolute atomic E-state index is 13.6. The maximum Gasteiger partial charge on any atom is 0.161 e. The molecule has 1 aliphatic rings. The molecule has 20 heavy (non-hydrogen) atoms. The van der Waals surface area contributed by atoms with Gasteiger partial charge in [-0.3, -0.25) is 0 Å². The Morgan fingerprint density at radius 2 is 2.00 bits per heavy atom. The summed E-state index contributed by atoms with van der Waals surface area (Å²) in [6.45, 7) is 1.87. The Morgan fingerprint density at radius 3 is 2.60 bits per heavy atom. The minimum atomic E-state index is -0.259. The van der Waals surface area contributed by atoms with Crippen molar-refractivity contribution in [3.05, 3.63) is 39.7 Å². The standard InChI is InChI=1S/C15H15BrFN3/c1-8-5-10(7-11(17)6-8)14-19-13(9-3-4-9)12(16)15(18-2)20-14/h5-7,9H,3-4H2,1-2H3,(H,18,19,20). The van der Waals surface area contributed by atoms with Crippen LogP contribution in [-0.4, -0.2) is 17.0 Å². The molecule has 0 radical (unpaired) electrons. The number of hydrogen-bond donors (Lipinski definition) is 1. The Kier molecular flexibility index (Phi) is 3.46. The van der Waals surface area contributed by atoms with Crippen LogP contribution in [0.4, 0.5) is 10.2 Å². The van der Waals surface area contributed by atoms with Crippen LogP contribution in [0.25, 0.3) is 11.4 Å². The van der Waals surface area contributed by atoms with Gasteiger partial charge in [-0.2, -0.15) is 0 Å². The van der Waals surface area contributed by atoms with Crippen LogP contribution >= 0.6 is 15.9 Å². The van der Waals surface area contributed by atoms with Gasteiger partial charge in [-0.05, 0) is 59.5 Å². The third-order valence-electron chi connectivity index (χ3n) is 3.38. The summed E-state index contributed by atoms with van der Waals surface area (Å²) in [5, 5.41) is 3.07. The molecule has 3 rings (SSSR count). The van der Waals surface area contributed by atoms with Crippen molar-refractivity contribution in [2.75, 3.05) is 12.4 Å². The molecule has 1 aliphatic carbocycles. The number of halogens is 2. The van der Waals surface area contributed by atoms with E-state index < -0.39 is 0 Å². The molecule has 1 fully saturated rings. The molecule has 0 amide bonds. The minimum Gasteiger partial charge on any atom is -0.372 e. The molecule has 0 saturated heterocycles. The Morgan fingerprint density at radius 1 is 1.25 bits per heavy atom. The van der Waals surface area contributed by atoms with E-state index in [4.69, 9.17) is 0 Å². The largest absolute Gasteiger partial charge is 0.372 e. The first-order valence-electron chi connectivity index (χ1n) is 6.61. The van der Waals surface area contributed by atoms with E-state index in [2.05, 4.69) is 31.2 Å². The van der Waals surface area contributed by atoms with Gasteiger partial charge in [-0.15, -0.1) is 0 Å². The van der Waals surface area contributed by atoms with Crippen molar-refractivity contribution in [2.45, 2.75) is 25.7 Å². The summed E-state index contributed by atoms with van der Waals surface area (Å²) in [7, 11) is 1.82. The van der Waals surface area contributed by atoms with E-state index in [1.165, 1.54) is 12.1 Å². The molecule has 1 N–H and O–H groups in total. The van der Waals surface area contributed by atoms with Crippen LogP contribution in [0.3, 0.4) is 0 Å². The average molecular weight is 336 g/mol. The van der Waals surface area contributed by atoms with Crippen molar-refractivity contribution in [2.24, 2.45) is 0 Å². The zero-order chi connectivity index (χ0) is 14.3. The summed E-state index contributed by atoms with van der Waals surface area (Å²) in [6, 6.07) is 4.89. The first-order valence-corrected chi connectivity index (χ1v) is 7.40. The number of benzene rings is 1. The van der Waals surface area contributed by atoms with Gasteiger partial charge in [0.25, 0.3) is 0 Å². The molecule has 0 spiro atoms. The molecule has 3 nitrogen and oxygen atoms in total. The maximum atomic E-state index is 13.6. The van der Waals surface area contributed by atoms with Crippen molar-refractivity contribution in [3.63, 3.8) is 0 Å². The van der Waals surface area contributed by atoms with Gasteiger partial charge >= 0.3 is 0 Å². The zero-order valence-corrected chi connectivity index (χ0v) is 13.0. The zero-order valence-electron chi connectivity index (χ0n) is 11.4. The van der Waals surface area contributed by atoms with E-state index in [1.807, 2.05) is 20.0 Å². The minimum absolute atomic E-state index is 0.259. The van der Waals surface area contributed by atoms with Crippen LogP contribution in [0, 0.1) is 12.7 Å².